The summed E-state index contributed by atoms with van der Waals surface area (Å²) in [5, 5.41) is 10.1. The summed E-state index contributed by atoms with van der Waals surface area (Å²) in [5.74, 6) is 0. The van der Waals surface area contributed by atoms with Crippen LogP contribution in [0.3, 0.4) is 0 Å². The van der Waals surface area contributed by atoms with E-state index in [4.69, 9.17) is 0 Å². The Balaban J connectivity index is 3.45. The van der Waals surface area contributed by atoms with Gasteiger partial charge in [-0.15, -0.1) is 0 Å². The summed E-state index contributed by atoms with van der Waals surface area (Å²) in [6, 6.07) is 0. The third-order valence-electron chi connectivity index (χ3n) is 4.18. The van der Waals surface area contributed by atoms with E-state index in [0.717, 1.165) is 57.8 Å². The first kappa shape index (κ1) is 26.0. The van der Waals surface area contributed by atoms with Crippen molar-refractivity contribution in [2.45, 2.75) is 95.8 Å². The van der Waals surface area contributed by atoms with Crippen LogP contribution >= 0.6 is 12.6 Å². The van der Waals surface area contributed by atoms with Gasteiger partial charge in [-0.05, 0) is 57.8 Å². The van der Waals surface area contributed by atoms with Crippen LogP contribution in [0.1, 0.15) is 84.5 Å². The lowest BCUT2D eigenvalue weighted by atomic mass is 10.1. The molecule has 0 saturated heterocycles. The minimum Gasteiger partial charge on any atom is -0.393 e. The number of rotatable bonds is 17. The predicted molar refractivity (Wildman–Crippen MR) is 127 cm³/mol. The quantitative estimate of drug-likeness (QED) is 0.148. The molecule has 2 unspecified atom stereocenters. The number of allylic oxidation sites excluding steroid dienone is 10. The Morgan fingerprint density at radius 2 is 1.19 bits per heavy atom. The minimum absolute atomic E-state index is 0.175. The Morgan fingerprint density at radius 1 is 0.704 bits per heavy atom. The van der Waals surface area contributed by atoms with Gasteiger partial charge in [-0.1, -0.05) is 87.4 Å². The lowest BCUT2D eigenvalue weighted by Gasteiger charge is -2.11. The zero-order valence-electron chi connectivity index (χ0n) is 17.6. The Kier molecular flexibility index (Phi) is 20.5. The lowest BCUT2D eigenvalue weighted by Crippen LogP contribution is -2.11. The first-order valence-corrected chi connectivity index (χ1v) is 11.3. The smallest absolute Gasteiger partial charge is 0.0550 e. The first-order chi connectivity index (χ1) is 13.2. The molecule has 27 heavy (non-hydrogen) atoms. The molecule has 0 rings (SSSR count). The van der Waals surface area contributed by atoms with Gasteiger partial charge < -0.3 is 5.11 Å². The predicted octanol–water partition coefficient (Wildman–Crippen LogP) is 7.76. The molecule has 0 aliphatic rings. The third kappa shape index (κ3) is 23.0. The highest BCUT2D eigenvalue weighted by atomic mass is 32.1. The number of aliphatic hydroxyl groups is 1. The maximum absolute atomic E-state index is 9.78. The molecule has 0 heterocycles. The Bertz CT molecular complexity index is 443. The summed E-state index contributed by atoms with van der Waals surface area (Å²) in [4.78, 5) is 0. The van der Waals surface area contributed by atoms with E-state index in [0.29, 0.717) is 5.25 Å². The average Bonchev–Trinajstić information content (AvgIpc) is 2.63. The van der Waals surface area contributed by atoms with Crippen LogP contribution in [0.15, 0.2) is 60.8 Å². The highest BCUT2D eigenvalue weighted by Gasteiger charge is 2.06. The SMILES string of the molecule is CC/C=C/C/C=C/C/C=C/C/C=C/C/C=C/CCCCCC(O)CC(C)S. The van der Waals surface area contributed by atoms with Crippen molar-refractivity contribution in [2.24, 2.45) is 0 Å². The van der Waals surface area contributed by atoms with Crippen molar-refractivity contribution in [3.63, 3.8) is 0 Å². The van der Waals surface area contributed by atoms with E-state index >= 15 is 0 Å². The van der Waals surface area contributed by atoms with Gasteiger partial charge >= 0.3 is 0 Å². The van der Waals surface area contributed by atoms with Crippen molar-refractivity contribution >= 4 is 12.6 Å². The average molecular weight is 391 g/mol. The number of hydrogen-bond donors (Lipinski definition) is 2. The summed E-state index contributed by atoms with van der Waals surface area (Å²) in [6.45, 7) is 4.20. The topological polar surface area (TPSA) is 20.2 Å². The molecule has 2 heteroatoms. The summed E-state index contributed by atoms with van der Waals surface area (Å²) >= 11 is 4.32. The maximum Gasteiger partial charge on any atom is 0.0550 e. The van der Waals surface area contributed by atoms with Crippen LogP contribution in [-0.4, -0.2) is 16.5 Å². The minimum atomic E-state index is -0.175. The van der Waals surface area contributed by atoms with E-state index in [1.54, 1.807) is 0 Å². The molecular formula is C25H42OS. The molecule has 0 amide bonds. The van der Waals surface area contributed by atoms with E-state index in [9.17, 15) is 5.11 Å². The van der Waals surface area contributed by atoms with Gasteiger partial charge in [0.2, 0.25) is 0 Å². The zero-order valence-corrected chi connectivity index (χ0v) is 18.5. The third-order valence-corrected chi connectivity index (χ3v) is 4.39. The molecule has 1 N–H and O–H groups in total. The summed E-state index contributed by atoms with van der Waals surface area (Å²) in [6.07, 6.45) is 33.8. The Labute approximate surface area is 174 Å². The maximum atomic E-state index is 9.78. The van der Waals surface area contributed by atoms with Crippen molar-refractivity contribution in [2.75, 3.05) is 0 Å². The van der Waals surface area contributed by atoms with Crippen LogP contribution in [0.2, 0.25) is 0 Å². The van der Waals surface area contributed by atoms with E-state index in [1.807, 2.05) is 6.92 Å². The second-order valence-corrected chi connectivity index (χ2v) is 7.97. The molecule has 0 bridgehead atoms. The Morgan fingerprint density at radius 3 is 1.67 bits per heavy atom. The molecular weight excluding hydrogens is 348 g/mol. The van der Waals surface area contributed by atoms with Crippen LogP contribution in [0.4, 0.5) is 0 Å². The number of unbranched alkanes of at least 4 members (excludes halogenated alkanes) is 3. The van der Waals surface area contributed by atoms with Crippen molar-refractivity contribution in [1.29, 1.82) is 0 Å². The van der Waals surface area contributed by atoms with E-state index in [2.05, 4.69) is 80.3 Å². The lowest BCUT2D eigenvalue weighted by molar-refractivity contribution is 0.152. The molecule has 0 aliphatic heterocycles. The van der Waals surface area contributed by atoms with Gasteiger partial charge in [0.1, 0.15) is 0 Å². The monoisotopic (exact) mass is 390 g/mol. The van der Waals surface area contributed by atoms with Gasteiger partial charge in [-0.2, -0.15) is 12.6 Å². The normalized spacial score (nSPS) is 15.3. The van der Waals surface area contributed by atoms with Gasteiger partial charge in [0.15, 0.2) is 0 Å². The second kappa shape index (κ2) is 21.3. The van der Waals surface area contributed by atoms with Crippen LogP contribution in [-0.2, 0) is 0 Å². The van der Waals surface area contributed by atoms with E-state index < -0.39 is 0 Å². The zero-order chi connectivity index (χ0) is 20.0. The second-order valence-electron chi connectivity index (χ2n) is 7.08. The summed E-state index contributed by atoms with van der Waals surface area (Å²) < 4.78 is 0. The fraction of sp³-hybridized carbons (Fsp3) is 0.600. The molecule has 0 aromatic heterocycles. The van der Waals surface area contributed by atoms with E-state index in [1.165, 1.54) is 12.8 Å². The van der Waals surface area contributed by atoms with Gasteiger partial charge in [0.05, 0.1) is 6.10 Å². The molecule has 0 aromatic carbocycles. The van der Waals surface area contributed by atoms with E-state index in [-0.39, 0.29) is 6.10 Å². The van der Waals surface area contributed by atoms with Gasteiger partial charge in [-0.25, -0.2) is 0 Å². The highest BCUT2D eigenvalue weighted by Crippen LogP contribution is 2.12. The summed E-state index contributed by atoms with van der Waals surface area (Å²) in [7, 11) is 0. The highest BCUT2D eigenvalue weighted by molar-refractivity contribution is 7.80. The molecule has 154 valence electrons. The molecule has 0 aromatic rings. The number of hydrogen-bond acceptors (Lipinski definition) is 2. The molecule has 1 nitrogen and oxygen atoms in total. The van der Waals surface area contributed by atoms with Crippen LogP contribution in [0, 0.1) is 0 Å². The standard InChI is InChI=1S/C25H42OS/c1-3-4-5-6-7-8-9-10-11-12-13-14-15-16-17-18-19-20-21-22-25(26)23-24(2)27/h4-5,7-8,10-11,13-14,16-17,24-27H,3,6,9,12,15,18-23H2,1-2H3/b5-4+,8-7+,11-10+,14-13+,17-16+. The van der Waals surface area contributed by atoms with Gasteiger partial charge in [-0.3, -0.25) is 0 Å². The molecule has 0 aliphatic carbocycles. The van der Waals surface area contributed by atoms with Gasteiger partial charge in [0.25, 0.3) is 0 Å². The van der Waals surface area contributed by atoms with Crippen LogP contribution in [0.25, 0.3) is 0 Å². The molecule has 0 radical (unpaired) electrons. The van der Waals surface area contributed by atoms with Crippen LogP contribution in [0.5, 0.6) is 0 Å². The van der Waals surface area contributed by atoms with Crippen molar-refractivity contribution in [3.8, 4) is 0 Å². The number of aliphatic hydroxyl groups excluding tert-OH is 1. The largest absolute Gasteiger partial charge is 0.393 e. The summed E-state index contributed by atoms with van der Waals surface area (Å²) in [5.41, 5.74) is 0. The fourth-order valence-corrected chi connectivity index (χ4v) is 2.94. The first-order valence-electron chi connectivity index (χ1n) is 10.8. The Hall–Kier alpha value is -0.990. The fourth-order valence-electron chi connectivity index (χ4n) is 2.70. The molecule has 0 fully saturated rings. The van der Waals surface area contributed by atoms with Crippen molar-refractivity contribution in [1.82, 2.24) is 0 Å². The molecule has 0 saturated carbocycles. The number of thiol groups is 1. The molecule has 0 spiro atoms. The van der Waals surface area contributed by atoms with Crippen molar-refractivity contribution < 1.29 is 5.11 Å². The van der Waals surface area contributed by atoms with Crippen molar-refractivity contribution in [3.05, 3.63) is 60.8 Å². The van der Waals surface area contributed by atoms with Crippen LogP contribution < -0.4 is 0 Å². The molecule has 2 atom stereocenters. The van der Waals surface area contributed by atoms with Gasteiger partial charge in [0, 0.05) is 5.25 Å².